The molecule has 0 aromatic carbocycles. The normalized spacial score (nSPS) is 13.3. The van der Waals surface area contributed by atoms with Crippen molar-refractivity contribution < 1.29 is 0 Å². The molecule has 1 fully saturated rings. The van der Waals surface area contributed by atoms with Crippen LogP contribution in [-0.2, 0) is 0 Å². The van der Waals surface area contributed by atoms with Crippen LogP contribution in [0.5, 0.6) is 0 Å². The average Bonchev–Trinajstić information content (AvgIpc) is 2.52. The van der Waals surface area contributed by atoms with Crippen LogP contribution in [0.4, 0.5) is 0 Å². The van der Waals surface area contributed by atoms with Gasteiger partial charge in [-0.3, -0.25) is 4.98 Å². The number of halogens is 2. The summed E-state index contributed by atoms with van der Waals surface area (Å²) in [6.45, 7) is 4.56. The van der Waals surface area contributed by atoms with E-state index in [9.17, 15) is 0 Å². The van der Waals surface area contributed by atoms with Gasteiger partial charge < -0.3 is 10.6 Å². The van der Waals surface area contributed by atoms with Crippen LogP contribution in [-0.4, -0.2) is 36.1 Å². The molecule has 2 aromatic rings. The molecule has 1 aliphatic rings. The Balaban J connectivity index is 0.000000151. The SMILES string of the molecule is C1CNCCN1.Clc1ccccn1.Clc1ccncc1. The third-order valence-corrected chi connectivity index (χ3v) is 2.70. The Morgan fingerprint density at radius 3 is 1.65 bits per heavy atom. The van der Waals surface area contributed by atoms with E-state index < -0.39 is 0 Å². The molecule has 0 bridgehead atoms. The van der Waals surface area contributed by atoms with Crippen molar-refractivity contribution in [2.75, 3.05) is 26.2 Å². The summed E-state index contributed by atoms with van der Waals surface area (Å²) in [5.41, 5.74) is 0. The molecule has 108 valence electrons. The first-order chi connectivity index (χ1) is 9.79. The van der Waals surface area contributed by atoms with E-state index in [4.69, 9.17) is 23.2 Å². The standard InChI is InChI=1S/2C5H4ClN.C4H10N2/c6-5-1-3-7-4-2-5;6-5-3-1-2-4-7-5;1-2-6-4-3-5-1/h2*1-4H;5-6H,1-4H2. The lowest BCUT2D eigenvalue weighted by molar-refractivity contribution is 0.534. The van der Waals surface area contributed by atoms with Gasteiger partial charge in [-0.15, -0.1) is 0 Å². The molecule has 0 aliphatic carbocycles. The third-order valence-electron chi connectivity index (χ3n) is 2.23. The maximum absolute atomic E-state index is 5.50. The minimum atomic E-state index is 0.544. The van der Waals surface area contributed by atoms with Gasteiger partial charge in [-0.2, -0.15) is 0 Å². The molecular formula is C14H18Cl2N4. The Morgan fingerprint density at radius 1 is 0.800 bits per heavy atom. The van der Waals surface area contributed by atoms with Crippen LogP contribution in [0.2, 0.25) is 10.2 Å². The van der Waals surface area contributed by atoms with E-state index in [1.54, 1.807) is 36.8 Å². The molecule has 2 N–H and O–H groups in total. The zero-order valence-corrected chi connectivity index (χ0v) is 12.6. The zero-order chi connectivity index (χ0) is 14.5. The summed E-state index contributed by atoms with van der Waals surface area (Å²) in [5, 5.41) is 7.72. The van der Waals surface area contributed by atoms with Crippen LogP contribution < -0.4 is 10.6 Å². The van der Waals surface area contributed by atoms with E-state index in [2.05, 4.69) is 20.6 Å². The van der Waals surface area contributed by atoms with Gasteiger partial charge >= 0.3 is 0 Å². The molecule has 20 heavy (non-hydrogen) atoms. The highest BCUT2D eigenvalue weighted by molar-refractivity contribution is 6.30. The predicted octanol–water partition coefficient (Wildman–Crippen LogP) is 2.65. The minimum Gasteiger partial charge on any atom is -0.314 e. The van der Waals surface area contributed by atoms with Crippen LogP contribution in [0.1, 0.15) is 0 Å². The number of nitrogens with zero attached hydrogens (tertiary/aromatic N) is 2. The lowest BCUT2D eigenvalue weighted by atomic mass is 10.4. The smallest absolute Gasteiger partial charge is 0.129 e. The molecule has 1 saturated heterocycles. The van der Waals surface area contributed by atoms with Crippen molar-refractivity contribution in [2.45, 2.75) is 0 Å². The zero-order valence-electron chi connectivity index (χ0n) is 11.1. The number of nitrogens with one attached hydrogen (secondary N) is 2. The van der Waals surface area contributed by atoms with Crippen LogP contribution in [0.15, 0.2) is 48.9 Å². The molecule has 0 amide bonds. The molecule has 2 aromatic heterocycles. The third kappa shape index (κ3) is 9.69. The summed E-state index contributed by atoms with van der Waals surface area (Å²) >= 11 is 10.9. The molecule has 3 rings (SSSR count). The van der Waals surface area contributed by atoms with E-state index in [-0.39, 0.29) is 0 Å². The number of piperazine rings is 1. The molecule has 0 unspecified atom stereocenters. The minimum absolute atomic E-state index is 0.544. The summed E-state index contributed by atoms with van der Waals surface area (Å²) in [6, 6.07) is 8.88. The fourth-order valence-electron chi connectivity index (χ4n) is 1.28. The summed E-state index contributed by atoms with van der Waals surface area (Å²) in [4.78, 5) is 7.51. The monoisotopic (exact) mass is 312 g/mol. The average molecular weight is 313 g/mol. The largest absolute Gasteiger partial charge is 0.314 e. The molecule has 0 spiro atoms. The lowest BCUT2D eigenvalue weighted by Crippen LogP contribution is -2.39. The Hall–Kier alpha value is -1.20. The lowest BCUT2D eigenvalue weighted by Gasteiger charge is -2.11. The Morgan fingerprint density at radius 2 is 1.40 bits per heavy atom. The van der Waals surface area contributed by atoms with Gasteiger partial charge in [-0.1, -0.05) is 29.3 Å². The number of pyridine rings is 2. The maximum atomic E-state index is 5.50. The second-order valence-electron chi connectivity index (χ2n) is 3.82. The first-order valence-electron chi connectivity index (χ1n) is 6.32. The summed E-state index contributed by atoms with van der Waals surface area (Å²) in [6.07, 6.45) is 4.97. The summed E-state index contributed by atoms with van der Waals surface area (Å²) < 4.78 is 0. The van der Waals surface area contributed by atoms with Gasteiger partial charge in [-0.05, 0) is 24.3 Å². The fraction of sp³-hybridized carbons (Fsp3) is 0.286. The van der Waals surface area contributed by atoms with Gasteiger partial charge in [0.15, 0.2) is 0 Å². The van der Waals surface area contributed by atoms with Gasteiger partial charge in [-0.25, -0.2) is 4.98 Å². The fourth-order valence-corrected chi connectivity index (χ4v) is 1.52. The highest BCUT2D eigenvalue weighted by Crippen LogP contribution is 2.01. The van der Waals surface area contributed by atoms with Crippen molar-refractivity contribution in [1.82, 2.24) is 20.6 Å². The Bertz CT molecular complexity index is 386. The maximum Gasteiger partial charge on any atom is 0.129 e. The number of hydrogen-bond donors (Lipinski definition) is 2. The van der Waals surface area contributed by atoms with Gasteiger partial charge in [0.25, 0.3) is 0 Å². The van der Waals surface area contributed by atoms with E-state index in [1.165, 1.54) is 0 Å². The van der Waals surface area contributed by atoms with Crippen molar-refractivity contribution in [2.24, 2.45) is 0 Å². The van der Waals surface area contributed by atoms with Gasteiger partial charge in [0.05, 0.1) is 0 Å². The topological polar surface area (TPSA) is 49.8 Å². The quantitative estimate of drug-likeness (QED) is 0.734. The number of aromatic nitrogens is 2. The first kappa shape index (κ1) is 16.9. The second kappa shape index (κ2) is 11.6. The highest BCUT2D eigenvalue weighted by Gasteiger charge is 1.91. The Kier molecular flexibility index (Phi) is 9.79. The van der Waals surface area contributed by atoms with Crippen LogP contribution in [0, 0.1) is 0 Å². The van der Waals surface area contributed by atoms with E-state index >= 15 is 0 Å². The molecule has 4 nitrogen and oxygen atoms in total. The van der Waals surface area contributed by atoms with E-state index in [0.29, 0.717) is 5.15 Å². The molecule has 1 aliphatic heterocycles. The molecule has 0 saturated carbocycles. The number of hydrogen-bond acceptors (Lipinski definition) is 4. The molecular weight excluding hydrogens is 295 g/mol. The summed E-state index contributed by atoms with van der Waals surface area (Å²) in [7, 11) is 0. The molecule has 6 heteroatoms. The second-order valence-corrected chi connectivity index (χ2v) is 4.64. The van der Waals surface area contributed by atoms with Gasteiger partial charge in [0.2, 0.25) is 0 Å². The van der Waals surface area contributed by atoms with Crippen molar-refractivity contribution in [3.05, 3.63) is 59.1 Å². The Labute approximate surface area is 129 Å². The highest BCUT2D eigenvalue weighted by atomic mass is 35.5. The van der Waals surface area contributed by atoms with Crippen LogP contribution in [0.3, 0.4) is 0 Å². The number of rotatable bonds is 0. The van der Waals surface area contributed by atoms with Crippen molar-refractivity contribution in [3.8, 4) is 0 Å². The molecule has 0 atom stereocenters. The molecule has 0 radical (unpaired) electrons. The van der Waals surface area contributed by atoms with Crippen molar-refractivity contribution in [3.63, 3.8) is 0 Å². The summed E-state index contributed by atoms with van der Waals surface area (Å²) in [5.74, 6) is 0. The van der Waals surface area contributed by atoms with Gasteiger partial charge in [0.1, 0.15) is 5.15 Å². The van der Waals surface area contributed by atoms with Gasteiger partial charge in [0, 0.05) is 49.8 Å². The van der Waals surface area contributed by atoms with E-state index in [0.717, 1.165) is 31.2 Å². The van der Waals surface area contributed by atoms with E-state index in [1.807, 2.05) is 12.1 Å². The predicted molar refractivity (Wildman–Crippen MR) is 84.2 cm³/mol. The molecule has 3 heterocycles. The van der Waals surface area contributed by atoms with Crippen LogP contribution in [0.25, 0.3) is 0 Å². The van der Waals surface area contributed by atoms with Crippen molar-refractivity contribution >= 4 is 23.2 Å². The van der Waals surface area contributed by atoms with Crippen molar-refractivity contribution in [1.29, 1.82) is 0 Å². The van der Waals surface area contributed by atoms with Crippen LogP contribution >= 0.6 is 23.2 Å². The first-order valence-corrected chi connectivity index (χ1v) is 7.08.